The van der Waals surface area contributed by atoms with Gasteiger partial charge in [-0.15, -0.1) is 0 Å². The Bertz CT molecular complexity index is 621. The number of rotatable bonds is 4. The van der Waals surface area contributed by atoms with Gasteiger partial charge in [0.25, 0.3) is 0 Å². The number of amides is 1. The highest BCUT2D eigenvalue weighted by Gasteiger charge is 2.55. The molecule has 1 amide bonds. The first kappa shape index (κ1) is 16.1. The predicted octanol–water partition coefficient (Wildman–Crippen LogP) is 2.51. The van der Waals surface area contributed by atoms with E-state index < -0.39 is 0 Å². The SMILES string of the molecule is CC(C)n1cnc([C@@H]2CN(CC3CC3)C[C@]23CCCN(C)C3=O)c1. The van der Waals surface area contributed by atoms with Crippen molar-refractivity contribution >= 4 is 5.91 Å². The van der Waals surface area contributed by atoms with E-state index >= 15 is 0 Å². The summed E-state index contributed by atoms with van der Waals surface area (Å²) in [6.45, 7) is 8.33. The molecule has 0 bridgehead atoms. The Balaban J connectivity index is 1.65. The van der Waals surface area contributed by atoms with Crippen LogP contribution in [-0.4, -0.2) is 58.5 Å². The third-order valence-electron chi connectivity index (χ3n) is 6.29. The molecule has 1 saturated carbocycles. The Morgan fingerprint density at radius 1 is 1.38 bits per heavy atom. The lowest BCUT2D eigenvalue weighted by molar-refractivity contribution is -0.145. The van der Waals surface area contributed by atoms with Crippen molar-refractivity contribution in [2.75, 3.05) is 33.2 Å². The van der Waals surface area contributed by atoms with Crippen LogP contribution in [0.25, 0.3) is 0 Å². The van der Waals surface area contributed by atoms with E-state index in [9.17, 15) is 4.79 Å². The van der Waals surface area contributed by atoms with Crippen molar-refractivity contribution in [3.63, 3.8) is 0 Å². The number of aromatic nitrogens is 2. The van der Waals surface area contributed by atoms with Gasteiger partial charge < -0.3 is 14.4 Å². The average Bonchev–Trinajstić information content (AvgIpc) is 3.09. The smallest absolute Gasteiger partial charge is 0.230 e. The lowest BCUT2D eigenvalue weighted by Crippen LogP contribution is -2.50. The summed E-state index contributed by atoms with van der Waals surface area (Å²) in [5, 5.41) is 0. The molecule has 0 radical (unpaired) electrons. The zero-order valence-electron chi connectivity index (χ0n) is 15.2. The molecule has 2 aliphatic heterocycles. The molecule has 1 spiro atoms. The second-order valence-electron chi connectivity index (χ2n) is 8.52. The molecule has 1 aromatic heterocycles. The molecule has 0 N–H and O–H groups in total. The zero-order valence-corrected chi connectivity index (χ0v) is 15.2. The van der Waals surface area contributed by atoms with E-state index in [1.165, 1.54) is 19.4 Å². The molecule has 3 aliphatic rings. The van der Waals surface area contributed by atoms with E-state index in [2.05, 4.69) is 29.5 Å². The molecule has 4 rings (SSSR count). The maximum Gasteiger partial charge on any atom is 0.230 e. The third kappa shape index (κ3) is 2.67. The van der Waals surface area contributed by atoms with Crippen LogP contribution in [0.3, 0.4) is 0 Å². The van der Waals surface area contributed by atoms with E-state index in [4.69, 9.17) is 4.98 Å². The molecule has 0 aromatic carbocycles. The highest BCUT2D eigenvalue weighted by atomic mass is 16.2. The molecule has 0 unspecified atom stereocenters. The summed E-state index contributed by atoms with van der Waals surface area (Å²) in [6.07, 6.45) is 8.97. The van der Waals surface area contributed by atoms with Crippen molar-refractivity contribution in [2.45, 2.75) is 51.5 Å². The van der Waals surface area contributed by atoms with Crippen LogP contribution in [0.15, 0.2) is 12.5 Å². The molecule has 3 fully saturated rings. The average molecular weight is 330 g/mol. The van der Waals surface area contributed by atoms with Crippen molar-refractivity contribution in [3.8, 4) is 0 Å². The molecule has 2 saturated heterocycles. The molecule has 2 atom stereocenters. The van der Waals surface area contributed by atoms with Gasteiger partial charge in [-0.3, -0.25) is 4.79 Å². The standard InChI is InChI=1S/C19H30N4O/c1-14(2)23-11-17(20-13-23)16-10-22(9-15-5-6-15)12-19(16)7-4-8-21(3)18(19)24/h11,13-16H,4-10,12H2,1-3H3/t16-,19+/m0/s1. The number of carbonyl (C=O) groups is 1. The molecule has 24 heavy (non-hydrogen) atoms. The largest absolute Gasteiger partial charge is 0.345 e. The van der Waals surface area contributed by atoms with E-state index in [0.29, 0.717) is 11.9 Å². The molecule has 132 valence electrons. The number of piperidine rings is 1. The second kappa shape index (κ2) is 5.87. The zero-order chi connectivity index (χ0) is 16.9. The summed E-state index contributed by atoms with van der Waals surface area (Å²) in [7, 11) is 1.97. The monoisotopic (exact) mass is 330 g/mol. The van der Waals surface area contributed by atoms with Crippen molar-refractivity contribution in [2.24, 2.45) is 11.3 Å². The summed E-state index contributed by atoms with van der Waals surface area (Å²) in [5.41, 5.74) is 0.864. The second-order valence-corrected chi connectivity index (χ2v) is 8.52. The first-order chi connectivity index (χ1) is 11.5. The van der Waals surface area contributed by atoms with Gasteiger partial charge in [-0.05, 0) is 45.4 Å². The number of hydrogen-bond donors (Lipinski definition) is 0. The highest BCUT2D eigenvalue weighted by Crippen LogP contribution is 2.49. The Hall–Kier alpha value is -1.36. The van der Waals surface area contributed by atoms with E-state index in [1.807, 2.05) is 18.3 Å². The lowest BCUT2D eigenvalue weighted by Gasteiger charge is -2.40. The maximum atomic E-state index is 13.2. The topological polar surface area (TPSA) is 41.4 Å². The predicted molar refractivity (Wildman–Crippen MR) is 93.8 cm³/mol. The third-order valence-corrected chi connectivity index (χ3v) is 6.29. The highest BCUT2D eigenvalue weighted by molar-refractivity contribution is 5.85. The van der Waals surface area contributed by atoms with Crippen LogP contribution in [-0.2, 0) is 4.79 Å². The number of imidazole rings is 1. The van der Waals surface area contributed by atoms with Crippen LogP contribution in [0, 0.1) is 11.3 Å². The molecule has 5 nitrogen and oxygen atoms in total. The van der Waals surface area contributed by atoms with Gasteiger partial charge in [0, 0.05) is 51.4 Å². The summed E-state index contributed by atoms with van der Waals surface area (Å²) in [4.78, 5) is 22.4. The first-order valence-electron chi connectivity index (χ1n) is 9.51. The molecule has 1 aliphatic carbocycles. The summed E-state index contributed by atoms with van der Waals surface area (Å²) in [6, 6.07) is 0.413. The Morgan fingerprint density at radius 3 is 2.83 bits per heavy atom. The molecular formula is C19H30N4O. The molecule has 1 aromatic rings. The minimum Gasteiger partial charge on any atom is -0.345 e. The van der Waals surface area contributed by atoms with E-state index in [0.717, 1.165) is 44.1 Å². The van der Waals surface area contributed by atoms with Crippen LogP contribution in [0.2, 0.25) is 0 Å². The Morgan fingerprint density at radius 2 is 2.17 bits per heavy atom. The first-order valence-corrected chi connectivity index (χ1v) is 9.51. The summed E-state index contributed by atoms with van der Waals surface area (Å²) >= 11 is 0. The number of hydrogen-bond acceptors (Lipinski definition) is 3. The van der Waals surface area contributed by atoms with E-state index in [1.54, 1.807) is 0 Å². The minimum atomic E-state index is -0.252. The fraction of sp³-hybridized carbons (Fsp3) is 0.789. The van der Waals surface area contributed by atoms with Gasteiger partial charge in [-0.1, -0.05) is 0 Å². The van der Waals surface area contributed by atoms with Crippen LogP contribution in [0.5, 0.6) is 0 Å². The van der Waals surface area contributed by atoms with Gasteiger partial charge >= 0.3 is 0 Å². The Labute approximate surface area is 145 Å². The van der Waals surface area contributed by atoms with Crippen molar-refractivity contribution in [1.82, 2.24) is 19.4 Å². The van der Waals surface area contributed by atoms with Crippen molar-refractivity contribution < 1.29 is 4.79 Å². The van der Waals surface area contributed by atoms with Crippen molar-refractivity contribution in [3.05, 3.63) is 18.2 Å². The van der Waals surface area contributed by atoms with Gasteiger partial charge in [0.1, 0.15) is 0 Å². The van der Waals surface area contributed by atoms with Crippen molar-refractivity contribution in [1.29, 1.82) is 0 Å². The van der Waals surface area contributed by atoms with E-state index in [-0.39, 0.29) is 11.3 Å². The molecule has 5 heteroatoms. The Kier molecular flexibility index (Phi) is 3.94. The molecular weight excluding hydrogens is 300 g/mol. The minimum absolute atomic E-state index is 0.242. The van der Waals surface area contributed by atoms with Gasteiger partial charge in [0.15, 0.2) is 0 Å². The number of likely N-dealkylation sites (tertiary alicyclic amines) is 2. The fourth-order valence-electron chi connectivity index (χ4n) is 4.69. The summed E-state index contributed by atoms with van der Waals surface area (Å²) < 4.78 is 2.17. The number of nitrogens with zero attached hydrogens (tertiary/aromatic N) is 4. The normalized spacial score (nSPS) is 31.6. The van der Waals surface area contributed by atoms with Gasteiger partial charge in [0.2, 0.25) is 5.91 Å². The van der Waals surface area contributed by atoms with Gasteiger partial charge in [0.05, 0.1) is 17.4 Å². The van der Waals surface area contributed by atoms with Gasteiger partial charge in [-0.2, -0.15) is 0 Å². The van der Waals surface area contributed by atoms with Crippen LogP contribution in [0.4, 0.5) is 0 Å². The summed E-state index contributed by atoms with van der Waals surface area (Å²) in [5.74, 6) is 1.45. The molecule has 3 heterocycles. The fourth-order valence-corrected chi connectivity index (χ4v) is 4.69. The van der Waals surface area contributed by atoms with Crippen LogP contribution >= 0.6 is 0 Å². The quantitative estimate of drug-likeness (QED) is 0.852. The van der Waals surface area contributed by atoms with Gasteiger partial charge in [-0.25, -0.2) is 4.98 Å². The van der Waals surface area contributed by atoms with Crippen LogP contribution in [0.1, 0.15) is 57.2 Å². The number of carbonyl (C=O) groups excluding carboxylic acids is 1. The van der Waals surface area contributed by atoms with Crippen LogP contribution < -0.4 is 0 Å². The maximum absolute atomic E-state index is 13.2. The lowest BCUT2D eigenvalue weighted by atomic mass is 9.70.